The molecule has 0 saturated heterocycles. The second-order valence-electron chi connectivity index (χ2n) is 3.65. The van der Waals surface area contributed by atoms with Crippen LogP contribution in [0.2, 0.25) is 0 Å². The number of aromatic nitrogens is 2. The van der Waals surface area contributed by atoms with E-state index in [1.54, 1.807) is 6.92 Å². The molecule has 1 amide bonds. The van der Waals surface area contributed by atoms with Crippen LogP contribution < -0.4 is 11.1 Å². The standard InChI is InChI=1S/C11H11FN4O2/c1-6-15-10(18-16-6)5-14-11(17)8-4-7(12)2-3-9(8)13/h2-4H,5,13H2,1H3,(H,14,17). The van der Waals surface area contributed by atoms with Crippen LogP contribution >= 0.6 is 0 Å². The van der Waals surface area contributed by atoms with Crippen LogP contribution in [0.5, 0.6) is 0 Å². The highest BCUT2D eigenvalue weighted by Gasteiger charge is 2.12. The summed E-state index contributed by atoms with van der Waals surface area (Å²) >= 11 is 0. The molecular formula is C11H11FN4O2. The molecule has 7 heteroatoms. The average Bonchev–Trinajstić information content (AvgIpc) is 2.75. The first kappa shape index (κ1) is 12.0. The quantitative estimate of drug-likeness (QED) is 0.793. The number of carbonyl (C=O) groups excluding carboxylic acids is 1. The van der Waals surface area contributed by atoms with Gasteiger partial charge in [-0.05, 0) is 25.1 Å². The van der Waals surface area contributed by atoms with Crippen LogP contribution in [0.15, 0.2) is 22.7 Å². The topological polar surface area (TPSA) is 94.0 Å². The number of nitrogens with zero attached hydrogens (tertiary/aromatic N) is 2. The summed E-state index contributed by atoms with van der Waals surface area (Å²) in [5, 5.41) is 6.09. The summed E-state index contributed by atoms with van der Waals surface area (Å²) in [5.41, 5.74) is 5.86. The number of rotatable bonds is 3. The molecule has 1 aromatic carbocycles. The Morgan fingerprint density at radius 2 is 2.33 bits per heavy atom. The molecule has 0 unspecified atom stereocenters. The van der Waals surface area contributed by atoms with Crippen LogP contribution in [0.25, 0.3) is 0 Å². The summed E-state index contributed by atoms with van der Waals surface area (Å²) in [6.07, 6.45) is 0. The fraction of sp³-hybridized carbons (Fsp3) is 0.182. The first-order valence-electron chi connectivity index (χ1n) is 5.18. The summed E-state index contributed by atoms with van der Waals surface area (Å²) in [5.74, 6) is -0.272. The van der Waals surface area contributed by atoms with Crippen LogP contribution in [0.1, 0.15) is 22.1 Å². The van der Waals surface area contributed by atoms with Gasteiger partial charge in [-0.2, -0.15) is 4.98 Å². The number of hydrogen-bond acceptors (Lipinski definition) is 5. The van der Waals surface area contributed by atoms with Gasteiger partial charge in [-0.25, -0.2) is 4.39 Å². The highest BCUT2D eigenvalue weighted by atomic mass is 19.1. The maximum Gasteiger partial charge on any atom is 0.253 e. The van der Waals surface area contributed by atoms with E-state index in [1.165, 1.54) is 12.1 Å². The monoisotopic (exact) mass is 250 g/mol. The van der Waals surface area contributed by atoms with Crippen molar-refractivity contribution in [1.82, 2.24) is 15.5 Å². The molecule has 1 heterocycles. The van der Waals surface area contributed by atoms with Crippen molar-refractivity contribution in [2.24, 2.45) is 0 Å². The van der Waals surface area contributed by atoms with E-state index < -0.39 is 11.7 Å². The van der Waals surface area contributed by atoms with Gasteiger partial charge in [-0.15, -0.1) is 0 Å². The van der Waals surface area contributed by atoms with Crippen molar-refractivity contribution in [3.63, 3.8) is 0 Å². The molecule has 0 aliphatic carbocycles. The third-order valence-corrected chi connectivity index (χ3v) is 2.23. The van der Waals surface area contributed by atoms with Crippen LogP contribution in [-0.2, 0) is 6.54 Å². The predicted octanol–water partition coefficient (Wildman–Crippen LogP) is 1.03. The van der Waals surface area contributed by atoms with Crippen molar-refractivity contribution >= 4 is 11.6 Å². The lowest BCUT2D eigenvalue weighted by Gasteiger charge is -2.05. The highest BCUT2D eigenvalue weighted by Crippen LogP contribution is 2.13. The molecule has 2 aromatic rings. The maximum absolute atomic E-state index is 13.0. The van der Waals surface area contributed by atoms with Crippen molar-refractivity contribution in [2.75, 3.05) is 5.73 Å². The fourth-order valence-corrected chi connectivity index (χ4v) is 1.39. The largest absolute Gasteiger partial charge is 0.398 e. The van der Waals surface area contributed by atoms with Crippen LogP contribution in [0.4, 0.5) is 10.1 Å². The molecule has 0 fully saturated rings. The minimum absolute atomic E-state index is 0.0651. The van der Waals surface area contributed by atoms with Crippen LogP contribution in [-0.4, -0.2) is 16.0 Å². The van der Waals surface area contributed by atoms with Gasteiger partial charge in [0, 0.05) is 5.69 Å². The molecular weight excluding hydrogens is 239 g/mol. The molecule has 1 aromatic heterocycles. The minimum atomic E-state index is -0.525. The predicted molar refractivity (Wildman–Crippen MR) is 61.0 cm³/mol. The molecule has 0 aliphatic heterocycles. The number of nitrogen functional groups attached to an aromatic ring is 1. The normalized spacial score (nSPS) is 10.3. The van der Waals surface area contributed by atoms with Gasteiger partial charge in [0.2, 0.25) is 5.89 Å². The van der Waals surface area contributed by atoms with Crippen LogP contribution in [0, 0.1) is 12.7 Å². The number of nitrogens with two attached hydrogens (primary N) is 1. The smallest absolute Gasteiger partial charge is 0.253 e. The van der Waals surface area contributed by atoms with Gasteiger partial charge in [0.15, 0.2) is 5.82 Å². The number of amides is 1. The zero-order chi connectivity index (χ0) is 13.1. The molecule has 6 nitrogen and oxygen atoms in total. The Labute approximate surface area is 102 Å². The van der Waals surface area contributed by atoms with E-state index >= 15 is 0 Å². The Kier molecular flexibility index (Phi) is 3.22. The zero-order valence-electron chi connectivity index (χ0n) is 9.61. The Morgan fingerprint density at radius 3 is 3.00 bits per heavy atom. The molecule has 0 spiro atoms. The van der Waals surface area contributed by atoms with E-state index in [-0.39, 0.29) is 23.7 Å². The van der Waals surface area contributed by atoms with Gasteiger partial charge in [0.25, 0.3) is 5.91 Å². The highest BCUT2D eigenvalue weighted by molar-refractivity contribution is 5.98. The van der Waals surface area contributed by atoms with E-state index in [1.807, 2.05) is 0 Å². The Morgan fingerprint density at radius 1 is 1.56 bits per heavy atom. The third-order valence-electron chi connectivity index (χ3n) is 2.23. The maximum atomic E-state index is 13.0. The fourth-order valence-electron chi connectivity index (χ4n) is 1.39. The molecule has 0 radical (unpaired) electrons. The van der Waals surface area contributed by atoms with Crippen molar-refractivity contribution in [2.45, 2.75) is 13.5 Å². The van der Waals surface area contributed by atoms with Crippen molar-refractivity contribution < 1.29 is 13.7 Å². The second-order valence-corrected chi connectivity index (χ2v) is 3.65. The summed E-state index contributed by atoms with van der Waals surface area (Å²) in [7, 11) is 0. The van der Waals surface area contributed by atoms with E-state index in [9.17, 15) is 9.18 Å². The van der Waals surface area contributed by atoms with Gasteiger partial charge < -0.3 is 15.6 Å². The van der Waals surface area contributed by atoms with E-state index in [0.717, 1.165) is 6.07 Å². The number of anilines is 1. The molecule has 3 N–H and O–H groups in total. The second kappa shape index (κ2) is 4.82. The number of carbonyl (C=O) groups is 1. The number of hydrogen-bond donors (Lipinski definition) is 2. The van der Waals surface area contributed by atoms with Crippen molar-refractivity contribution in [3.8, 4) is 0 Å². The van der Waals surface area contributed by atoms with Gasteiger partial charge in [0.05, 0.1) is 12.1 Å². The Bertz CT molecular complexity index is 582. The average molecular weight is 250 g/mol. The molecule has 94 valence electrons. The molecule has 2 rings (SSSR count). The number of nitrogens with one attached hydrogen (secondary N) is 1. The number of halogens is 1. The third kappa shape index (κ3) is 2.62. The molecule has 0 aliphatic rings. The van der Waals surface area contributed by atoms with E-state index in [4.69, 9.17) is 10.3 Å². The van der Waals surface area contributed by atoms with Gasteiger partial charge in [-0.3, -0.25) is 4.79 Å². The van der Waals surface area contributed by atoms with Gasteiger partial charge in [0.1, 0.15) is 5.82 Å². The van der Waals surface area contributed by atoms with E-state index in [2.05, 4.69) is 15.5 Å². The van der Waals surface area contributed by atoms with Gasteiger partial charge in [-0.1, -0.05) is 5.16 Å². The lowest BCUT2D eigenvalue weighted by atomic mass is 10.1. The van der Waals surface area contributed by atoms with Crippen LogP contribution in [0.3, 0.4) is 0 Å². The number of aryl methyl sites for hydroxylation is 1. The number of benzene rings is 1. The Balaban J connectivity index is 2.05. The lowest BCUT2D eigenvalue weighted by molar-refractivity contribution is 0.0946. The summed E-state index contributed by atoms with van der Waals surface area (Å²) < 4.78 is 17.8. The first-order chi connectivity index (χ1) is 8.56. The Hall–Kier alpha value is -2.44. The summed E-state index contributed by atoms with van der Waals surface area (Å²) in [4.78, 5) is 15.7. The lowest BCUT2D eigenvalue weighted by Crippen LogP contribution is -2.24. The summed E-state index contributed by atoms with van der Waals surface area (Å²) in [6.45, 7) is 1.73. The zero-order valence-corrected chi connectivity index (χ0v) is 9.61. The molecule has 0 saturated carbocycles. The van der Waals surface area contributed by atoms with Crippen molar-refractivity contribution in [3.05, 3.63) is 41.3 Å². The summed E-state index contributed by atoms with van der Waals surface area (Å²) in [6, 6.07) is 3.60. The molecule has 0 bridgehead atoms. The first-order valence-corrected chi connectivity index (χ1v) is 5.18. The molecule has 0 atom stereocenters. The SMILES string of the molecule is Cc1noc(CNC(=O)c2cc(F)ccc2N)n1. The minimum Gasteiger partial charge on any atom is -0.398 e. The van der Waals surface area contributed by atoms with E-state index in [0.29, 0.717) is 5.82 Å². The van der Waals surface area contributed by atoms with Crippen molar-refractivity contribution in [1.29, 1.82) is 0 Å². The van der Waals surface area contributed by atoms with Gasteiger partial charge >= 0.3 is 0 Å². The molecule has 18 heavy (non-hydrogen) atoms.